The summed E-state index contributed by atoms with van der Waals surface area (Å²) in [7, 11) is 0. The van der Waals surface area contributed by atoms with E-state index in [2.05, 4.69) is 24.1 Å². The highest BCUT2D eigenvalue weighted by atomic mass is 32.1. The highest BCUT2D eigenvalue weighted by Crippen LogP contribution is 2.18. The van der Waals surface area contributed by atoms with Crippen molar-refractivity contribution in [3.63, 3.8) is 0 Å². The number of anilines is 1. The summed E-state index contributed by atoms with van der Waals surface area (Å²) in [6, 6.07) is 9.33. The number of benzene rings is 1. The minimum absolute atomic E-state index is 0.109. The van der Waals surface area contributed by atoms with Crippen molar-refractivity contribution >= 4 is 23.1 Å². The summed E-state index contributed by atoms with van der Waals surface area (Å²) >= 11 is 1.59. The number of urea groups is 1. The van der Waals surface area contributed by atoms with E-state index in [9.17, 15) is 9.18 Å². The average molecular weight is 374 g/mol. The summed E-state index contributed by atoms with van der Waals surface area (Å²) in [6.07, 6.45) is 0. The Hall–Kier alpha value is -2.43. The standard InChI is InChI=1S/C19H23FN4OS/c1-3-23(4-2)9-10-24(14-17-6-5-11-26-17)19(25)22-18-8-7-16(20)12-15(18)13-21/h5-8,11-12H,3-4,9-10,14H2,1-2H3,(H,22,25). The number of hydrogen-bond acceptors (Lipinski definition) is 4. The number of halogens is 1. The monoisotopic (exact) mass is 374 g/mol. The fraction of sp³-hybridized carbons (Fsp3) is 0.368. The molecule has 138 valence electrons. The molecule has 0 unspecified atom stereocenters. The minimum Gasteiger partial charge on any atom is -0.318 e. The topological polar surface area (TPSA) is 59.4 Å². The normalized spacial score (nSPS) is 10.6. The first kappa shape index (κ1) is 19.9. The molecule has 0 saturated heterocycles. The number of likely N-dealkylation sites (N-methyl/N-ethyl adjacent to an activating group) is 1. The number of amides is 2. The lowest BCUT2D eigenvalue weighted by molar-refractivity contribution is 0.195. The summed E-state index contributed by atoms with van der Waals surface area (Å²) in [5.74, 6) is -0.503. The van der Waals surface area contributed by atoms with E-state index in [1.807, 2.05) is 23.6 Å². The molecule has 0 aliphatic rings. The molecule has 2 amide bonds. The maximum Gasteiger partial charge on any atom is 0.322 e. The molecule has 0 aliphatic heterocycles. The molecule has 0 atom stereocenters. The molecule has 0 aliphatic carbocycles. The van der Waals surface area contributed by atoms with Gasteiger partial charge in [-0.2, -0.15) is 5.26 Å². The summed E-state index contributed by atoms with van der Waals surface area (Å²) in [4.78, 5) is 17.8. The molecule has 7 heteroatoms. The van der Waals surface area contributed by atoms with Crippen LogP contribution in [0.2, 0.25) is 0 Å². The van der Waals surface area contributed by atoms with Crippen molar-refractivity contribution in [3.05, 3.63) is 52.0 Å². The van der Waals surface area contributed by atoms with E-state index in [4.69, 9.17) is 5.26 Å². The maximum atomic E-state index is 13.3. The maximum absolute atomic E-state index is 13.3. The van der Waals surface area contributed by atoms with Gasteiger partial charge in [-0.1, -0.05) is 19.9 Å². The van der Waals surface area contributed by atoms with Crippen LogP contribution in [0.1, 0.15) is 24.3 Å². The van der Waals surface area contributed by atoms with Crippen LogP contribution in [0, 0.1) is 17.1 Å². The smallest absolute Gasteiger partial charge is 0.318 e. The van der Waals surface area contributed by atoms with Crippen LogP contribution in [-0.4, -0.2) is 42.0 Å². The number of thiophene rings is 1. The van der Waals surface area contributed by atoms with Crippen molar-refractivity contribution < 1.29 is 9.18 Å². The van der Waals surface area contributed by atoms with Gasteiger partial charge in [-0.3, -0.25) is 0 Å². The lowest BCUT2D eigenvalue weighted by Gasteiger charge is -2.26. The van der Waals surface area contributed by atoms with Crippen molar-refractivity contribution in [2.75, 3.05) is 31.5 Å². The molecule has 0 spiro atoms. The van der Waals surface area contributed by atoms with Crippen LogP contribution >= 0.6 is 11.3 Å². The second-order valence-corrected chi connectivity index (χ2v) is 6.79. The third-order valence-corrected chi connectivity index (χ3v) is 5.00. The van der Waals surface area contributed by atoms with Gasteiger partial charge in [0.2, 0.25) is 0 Å². The predicted octanol–water partition coefficient (Wildman–Crippen LogP) is 4.13. The van der Waals surface area contributed by atoms with Gasteiger partial charge < -0.3 is 15.1 Å². The molecule has 2 rings (SSSR count). The van der Waals surface area contributed by atoms with Gasteiger partial charge in [0.25, 0.3) is 0 Å². The fourth-order valence-electron chi connectivity index (χ4n) is 2.56. The Morgan fingerprint density at radius 3 is 2.65 bits per heavy atom. The Morgan fingerprint density at radius 1 is 1.27 bits per heavy atom. The number of carbonyl (C=O) groups is 1. The molecule has 26 heavy (non-hydrogen) atoms. The first-order chi connectivity index (χ1) is 12.6. The zero-order valence-corrected chi connectivity index (χ0v) is 15.9. The van der Waals surface area contributed by atoms with Crippen LogP contribution in [0.5, 0.6) is 0 Å². The number of hydrogen-bond donors (Lipinski definition) is 1. The van der Waals surface area contributed by atoms with Crippen molar-refractivity contribution in [1.82, 2.24) is 9.80 Å². The second-order valence-electron chi connectivity index (χ2n) is 5.76. The van der Waals surface area contributed by atoms with Gasteiger partial charge in [-0.05, 0) is 42.7 Å². The van der Waals surface area contributed by atoms with Crippen molar-refractivity contribution in [2.45, 2.75) is 20.4 Å². The largest absolute Gasteiger partial charge is 0.322 e. The number of nitriles is 1. The third kappa shape index (κ3) is 5.55. The summed E-state index contributed by atoms with van der Waals surface area (Å²) in [6.45, 7) is 7.83. The minimum atomic E-state index is -0.503. The van der Waals surface area contributed by atoms with E-state index in [1.54, 1.807) is 16.2 Å². The number of carbonyl (C=O) groups excluding carboxylic acids is 1. The van der Waals surface area contributed by atoms with Crippen molar-refractivity contribution in [1.29, 1.82) is 5.26 Å². The Bertz CT molecular complexity index is 753. The van der Waals surface area contributed by atoms with Gasteiger partial charge >= 0.3 is 6.03 Å². The summed E-state index contributed by atoms with van der Waals surface area (Å²) in [5, 5.41) is 13.9. The number of nitrogens with zero attached hydrogens (tertiary/aromatic N) is 3. The zero-order chi connectivity index (χ0) is 18.9. The first-order valence-corrected chi connectivity index (χ1v) is 9.45. The summed E-state index contributed by atoms with van der Waals surface area (Å²) in [5.41, 5.74) is 0.427. The molecule has 1 aromatic carbocycles. The Morgan fingerprint density at radius 2 is 2.04 bits per heavy atom. The van der Waals surface area contributed by atoms with E-state index >= 15 is 0 Å². The molecule has 0 bridgehead atoms. The van der Waals surface area contributed by atoms with E-state index in [1.165, 1.54) is 12.1 Å². The van der Waals surface area contributed by atoms with Crippen molar-refractivity contribution in [3.8, 4) is 6.07 Å². The third-order valence-electron chi connectivity index (χ3n) is 4.14. The molecule has 0 radical (unpaired) electrons. The highest BCUT2D eigenvalue weighted by Gasteiger charge is 2.17. The molecule has 2 aromatic rings. The quantitative estimate of drug-likeness (QED) is 0.756. The SMILES string of the molecule is CCN(CC)CCN(Cc1cccs1)C(=O)Nc1ccc(F)cc1C#N. The Labute approximate surface area is 157 Å². The molecule has 1 aromatic heterocycles. The van der Waals surface area contributed by atoms with E-state index < -0.39 is 5.82 Å². The highest BCUT2D eigenvalue weighted by molar-refractivity contribution is 7.09. The van der Waals surface area contributed by atoms with Gasteiger partial charge in [-0.15, -0.1) is 11.3 Å². The van der Waals surface area contributed by atoms with Crippen LogP contribution in [0.4, 0.5) is 14.9 Å². The molecule has 1 heterocycles. The molecule has 0 fully saturated rings. The van der Waals surface area contributed by atoms with Crippen LogP contribution < -0.4 is 5.32 Å². The van der Waals surface area contributed by atoms with E-state index in [0.717, 1.165) is 30.6 Å². The van der Waals surface area contributed by atoms with Gasteiger partial charge in [0.15, 0.2) is 0 Å². The zero-order valence-electron chi connectivity index (χ0n) is 15.0. The lowest BCUT2D eigenvalue weighted by Crippen LogP contribution is -2.40. The fourth-order valence-corrected chi connectivity index (χ4v) is 3.28. The molecule has 5 nitrogen and oxygen atoms in total. The first-order valence-electron chi connectivity index (χ1n) is 8.57. The Balaban J connectivity index is 2.12. The molecular weight excluding hydrogens is 351 g/mol. The van der Waals surface area contributed by atoms with Gasteiger partial charge in [-0.25, -0.2) is 9.18 Å². The Kier molecular flexibility index (Phi) is 7.57. The molecular formula is C19H23FN4OS. The molecule has 0 saturated carbocycles. The van der Waals surface area contributed by atoms with Crippen LogP contribution in [-0.2, 0) is 6.54 Å². The van der Waals surface area contributed by atoms with E-state index in [0.29, 0.717) is 18.8 Å². The van der Waals surface area contributed by atoms with Gasteiger partial charge in [0, 0.05) is 18.0 Å². The van der Waals surface area contributed by atoms with Crippen LogP contribution in [0.25, 0.3) is 0 Å². The number of rotatable bonds is 8. The second kappa shape index (κ2) is 9.90. The lowest BCUT2D eigenvalue weighted by atomic mass is 10.2. The van der Waals surface area contributed by atoms with Crippen LogP contribution in [0.3, 0.4) is 0 Å². The predicted molar refractivity (Wildman–Crippen MR) is 103 cm³/mol. The van der Waals surface area contributed by atoms with Gasteiger partial charge in [0.05, 0.1) is 17.8 Å². The van der Waals surface area contributed by atoms with E-state index in [-0.39, 0.29) is 11.6 Å². The van der Waals surface area contributed by atoms with Crippen molar-refractivity contribution in [2.24, 2.45) is 0 Å². The van der Waals surface area contributed by atoms with Gasteiger partial charge in [0.1, 0.15) is 11.9 Å². The van der Waals surface area contributed by atoms with Crippen LogP contribution in [0.15, 0.2) is 35.7 Å². The average Bonchev–Trinajstić information content (AvgIpc) is 3.16. The molecule has 1 N–H and O–H groups in total. The summed E-state index contributed by atoms with van der Waals surface area (Å²) < 4.78 is 13.3. The number of nitrogens with one attached hydrogen (secondary N) is 1.